The molecule has 1 aliphatic heterocycles. The molecule has 2 heterocycles. The number of carbonyl (C=O) groups is 2. The van der Waals surface area contributed by atoms with Crippen LogP contribution in [0.5, 0.6) is 0 Å². The monoisotopic (exact) mass is 361 g/mol. The van der Waals surface area contributed by atoms with E-state index in [1.54, 1.807) is 25.1 Å². The maximum Gasteiger partial charge on any atom is 0.287 e. The first-order valence-electron chi connectivity index (χ1n) is 8.24. The third-order valence-corrected chi connectivity index (χ3v) is 4.38. The highest BCUT2D eigenvalue weighted by Gasteiger charge is 2.21. The van der Waals surface area contributed by atoms with Gasteiger partial charge in [-0.1, -0.05) is 11.6 Å². The minimum absolute atomic E-state index is 0.167. The maximum absolute atomic E-state index is 12.5. The molecule has 1 aliphatic rings. The van der Waals surface area contributed by atoms with Crippen LogP contribution >= 0.6 is 11.6 Å². The lowest BCUT2D eigenvalue weighted by atomic mass is 10.2. The molecule has 132 valence electrons. The van der Waals surface area contributed by atoms with Crippen LogP contribution in [0.4, 0.5) is 11.4 Å². The number of hydrogen-bond donors (Lipinski definition) is 2. The molecule has 1 aromatic heterocycles. The largest absolute Gasteiger partial charge is 0.459 e. The molecule has 0 bridgehead atoms. The molecule has 6 nitrogen and oxygen atoms in total. The fraction of sp³-hybridized carbons (Fsp3) is 0.333. The molecule has 3 rings (SSSR count). The van der Waals surface area contributed by atoms with Gasteiger partial charge >= 0.3 is 0 Å². The van der Waals surface area contributed by atoms with E-state index < -0.39 is 11.9 Å². The topological polar surface area (TPSA) is 74.6 Å². The van der Waals surface area contributed by atoms with Gasteiger partial charge in [-0.15, -0.1) is 0 Å². The Labute approximate surface area is 151 Å². The lowest BCUT2D eigenvalue weighted by molar-refractivity contribution is -0.117. The quantitative estimate of drug-likeness (QED) is 0.857. The Morgan fingerprint density at radius 2 is 2.00 bits per heavy atom. The number of halogens is 1. The number of nitrogens with one attached hydrogen (secondary N) is 2. The molecule has 2 N–H and O–H groups in total. The molecule has 7 heteroatoms. The first-order chi connectivity index (χ1) is 12.0. The van der Waals surface area contributed by atoms with Crippen LogP contribution in [0.1, 0.15) is 30.3 Å². The lowest BCUT2D eigenvalue weighted by Crippen LogP contribution is -2.41. The average molecular weight is 362 g/mol. The van der Waals surface area contributed by atoms with E-state index in [-0.39, 0.29) is 11.7 Å². The number of amides is 2. The maximum atomic E-state index is 12.5. The minimum Gasteiger partial charge on any atom is -0.459 e. The summed E-state index contributed by atoms with van der Waals surface area (Å²) in [5.41, 5.74) is 1.60. The van der Waals surface area contributed by atoms with Crippen LogP contribution in [-0.2, 0) is 4.79 Å². The van der Waals surface area contributed by atoms with Crippen molar-refractivity contribution in [1.82, 2.24) is 5.32 Å². The Balaban J connectivity index is 1.69. The van der Waals surface area contributed by atoms with Gasteiger partial charge in [0.2, 0.25) is 5.91 Å². The zero-order valence-electron chi connectivity index (χ0n) is 13.9. The number of furan rings is 1. The van der Waals surface area contributed by atoms with E-state index in [9.17, 15) is 9.59 Å². The van der Waals surface area contributed by atoms with Crippen LogP contribution in [0.25, 0.3) is 0 Å². The first-order valence-corrected chi connectivity index (χ1v) is 8.62. The number of rotatable bonds is 5. The summed E-state index contributed by atoms with van der Waals surface area (Å²) < 4.78 is 5.03. The minimum atomic E-state index is -0.719. The van der Waals surface area contributed by atoms with E-state index >= 15 is 0 Å². The molecule has 1 atom stereocenters. The predicted molar refractivity (Wildman–Crippen MR) is 97.2 cm³/mol. The van der Waals surface area contributed by atoms with Crippen molar-refractivity contribution in [2.75, 3.05) is 23.3 Å². The van der Waals surface area contributed by atoms with E-state index in [2.05, 4.69) is 15.5 Å². The standard InChI is InChI=1S/C18H20ClN3O3/c1-12(20-18(24)16-5-4-10-25-16)17(23)21-14-11-13(19)6-7-15(14)22-8-2-3-9-22/h4-7,10-12H,2-3,8-9H2,1H3,(H,20,24)(H,21,23)/t12-/m0/s1. The third-order valence-electron chi connectivity index (χ3n) is 4.15. The summed E-state index contributed by atoms with van der Waals surface area (Å²) in [5, 5.41) is 6.03. The van der Waals surface area contributed by atoms with Crippen LogP contribution in [-0.4, -0.2) is 30.9 Å². The van der Waals surface area contributed by atoms with Gasteiger partial charge < -0.3 is 20.0 Å². The van der Waals surface area contributed by atoms with Gasteiger partial charge in [-0.05, 0) is 50.1 Å². The summed E-state index contributed by atoms with van der Waals surface area (Å²) in [4.78, 5) is 26.7. The molecule has 25 heavy (non-hydrogen) atoms. The van der Waals surface area contributed by atoms with E-state index in [0.29, 0.717) is 10.7 Å². The summed E-state index contributed by atoms with van der Waals surface area (Å²) >= 11 is 6.09. The summed E-state index contributed by atoms with van der Waals surface area (Å²) in [6.07, 6.45) is 3.67. The van der Waals surface area contributed by atoms with Crippen LogP contribution in [0.15, 0.2) is 41.0 Å². The second kappa shape index (κ2) is 7.61. The zero-order valence-corrected chi connectivity index (χ0v) is 14.7. The van der Waals surface area contributed by atoms with Crippen molar-refractivity contribution in [2.24, 2.45) is 0 Å². The SMILES string of the molecule is C[C@H](NC(=O)c1ccco1)C(=O)Nc1cc(Cl)ccc1N1CCCC1. The summed E-state index contributed by atoms with van der Waals surface area (Å²) in [6.45, 7) is 3.53. The Kier molecular flexibility index (Phi) is 5.28. The second-order valence-corrected chi connectivity index (χ2v) is 6.45. The molecule has 1 aromatic carbocycles. The number of anilines is 2. The van der Waals surface area contributed by atoms with Gasteiger partial charge in [-0.2, -0.15) is 0 Å². The van der Waals surface area contributed by atoms with Gasteiger partial charge in [0.05, 0.1) is 17.6 Å². The number of nitrogens with zero attached hydrogens (tertiary/aromatic N) is 1. The van der Waals surface area contributed by atoms with Crippen LogP contribution in [0.3, 0.4) is 0 Å². The van der Waals surface area contributed by atoms with Gasteiger partial charge in [-0.25, -0.2) is 0 Å². The summed E-state index contributed by atoms with van der Waals surface area (Å²) in [7, 11) is 0. The lowest BCUT2D eigenvalue weighted by Gasteiger charge is -2.23. The highest BCUT2D eigenvalue weighted by molar-refractivity contribution is 6.31. The molecule has 1 fully saturated rings. The van der Waals surface area contributed by atoms with Crippen LogP contribution in [0, 0.1) is 0 Å². The Morgan fingerprint density at radius 1 is 1.24 bits per heavy atom. The molecule has 2 amide bonds. The highest BCUT2D eigenvalue weighted by atomic mass is 35.5. The van der Waals surface area contributed by atoms with Gasteiger partial charge in [0.25, 0.3) is 5.91 Å². The summed E-state index contributed by atoms with van der Waals surface area (Å²) in [6, 6.07) is 7.90. The average Bonchev–Trinajstić information content (AvgIpc) is 3.28. The van der Waals surface area contributed by atoms with Crippen molar-refractivity contribution in [1.29, 1.82) is 0 Å². The van der Waals surface area contributed by atoms with Crippen LogP contribution < -0.4 is 15.5 Å². The zero-order chi connectivity index (χ0) is 17.8. The van der Waals surface area contributed by atoms with Crippen LogP contribution in [0.2, 0.25) is 5.02 Å². The first kappa shape index (κ1) is 17.4. The van der Waals surface area contributed by atoms with Gasteiger partial charge in [-0.3, -0.25) is 9.59 Å². The molecular formula is C18H20ClN3O3. The fourth-order valence-corrected chi connectivity index (χ4v) is 3.00. The van der Waals surface area contributed by atoms with Gasteiger partial charge in [0.15, 0.2) is 5.76 Å². The van der Waals surface area contributed by atoms with Crippen molar-refractivity contribution in [2.45, 2.75) is 25.8 Å². The smallest absolute Gasteiger partial charge is 0.287 e. The van der Waals surface area contributed by atoms with E-state index in [0.717, 1.165) is 31.6 Å². The van der Waals surface area contributed by atoms with E-state index in [1.165, 1.54) is 6.26 Å². The van der Waals surface area contributed by atoms with Crippen molar-refractivity contribution in [3.05, 3.63) is 47.4 Å². The molecule has 2 aromatic rings. The predicted octanol–water partition coefficient (Wildman–Crippen LogP) is 3.29. The molecular weight excluding hydrogens is 342 g/mol. The Hall–Kier alpha value is -2.47. The Morgan fingerprint density at radius 3 is 2.68 bits per heavy atom. The number of carbonyl (C=O) groups excluding carboxylic acids is 2. The normalized spacial score (nSPS) is 15.0. The van der Waals surface area contributed by atoms with Gasteiger partial charge in [0, 0.05) is 18.1 Å². The number of benzene rings is 1. The highest BCUT2D eigenvalue weighted by Crippen LogP contribution is 2.31. The van der Waals surface area contributed by atoms with Crippen molar-refractivity contribution in [3.63, 3.8) is 0 Å². The van der Waals surface area contributed by atoms with Crippen molar-refractivity contribution >= 4 is 34.8 Å². The molecule has 0 aliphatic carbocycles. The van der Waals surface area contributed by atoms with E-state index in [4.69, 9.17) is 16.0 Å². The Bertz CT molecular complexity index is 755. The summed E-state index contributed by atoms with van der Waals surface area (Å²) in [5.74, 6) is -0.582. The fourth-order valence-electron chi connectivity index (χ4n) is 2.82. The molecule has 1 saturated heterocycles. The van der Waals surface area contributed by atoms with Gasteiger partial charge in [0.1, 0.15) is 6.04 Å². The van der Waals surface area contributed by atoms with Crippen molar-refractivity contribution in [3.8, 4) is 0 Å². The number of hydrogen-bond acceptors (Lipinski definition) is 4. The van der Waals surface area contributed by atoms with E-state index in [1.807, 2.05) is 12.1 Å². The molecule has 0 saturated carbocycles. The molecule has 0 unspecified atom stereocenters. The van der Waals surface area contributed by atoms with Crippen molar-refractivity contribution < 1.29 is 14.0 Å². The molecule has 0 radical (unpaired) electrons. The third kappa shape index (κ3) is 4.14. The molecule has 0 spiro atoms. The second-order valence-electron chi connectivity index (χ2n) is 6.02.